The molecule has 0 spiro atoms. The van der Waals surface area contributed by atoms with Crippen molar-refractivity contribution in [1.82, 2.24) is 5.32 Å². The van der Waals surface area contributed by atoms with Crippen LogP contribution in [0.25, 0.3) is 0 Å². The lowest BCUT2D eigenvalue weighted by molar-refractivity contribution is -0.137. The largest absolute Gasteiger partial charge is 0.416 e. The van der Waals surface area contributed by atoms with Crippen LogP contribution in [0.15, 0.2) is 24.3 Å². The highest BCUT2D eigenvalue weighted by Crippen LogP contribution is 2.30. The van der Waals surface area contributed by atoms with E-state index in [2.05, 4.69) is 5.32 Å². The molecule has 0 aliphatic carbocycles. The molecule has 22 heavy (non-hydrogen) atoms. The number of hydrogen-bond acceptors (Lipinski definition) is 2. The maximum atomic E-state index is 12.5. The fraction of sp³-hybridized carbons (Fsp3) is 0.533. The van der Waals surface area contributed by atoms with E-state index in [1.54, 1.807) is 6.92 Å². The zero-order valence-corrected chi connectivity index (χ0v) is 13.6. The van der Waals surface area contributed by atoms with Crippen LogP contribution in [0, 0.1) is 0 Å². The summed E-state index contributed by atoms with van der Waals surface area (Å²) in [5.41, 5.74) is 5.05. The summed E-state index contributed by atoms with van der Waals surface area (Å²) in [4.78, 5) is 11.9. The van der Waals surface area contributed by atoms with E-state index in [0.29, 0.717) is 12.1 Å². The minimum atomic E-state index is -4.34. The van der Waals surface area contributed by atoms with Gasteiger partial charge in [-0.1, -0.05) is 19.1 Å². The van der Waals surface area contributed by atoms with Crippen molar-refractivity contribution in [3.8, 4) is 0 Å². The second-order valence-corrected chi connectivity index (χ2v) is 5.86. The van der Waals surface area contributed by atoms with Crippen LogP contribution in [0.3, 0.4) is 0 Å². The van der Waals surface area contributed by atoms with Gasteiger partial charge in [0.05, 0.1) is 5.56 Å². The molecule has 1 aromatic carbocycles. The lowest BCUT2D eigenvalue weighted by Gasteiger charge is -2.25. The molecule has 3 nitrogen and oxygen atoms in total. The third-order valence-electron chi connectivity index (χ3n) is 3.29. The number of rotatable bonds is 5. The number of carbonyl (C=O) groups excluding carboxylic acids is 1. The van der Waals surface area contributed by atoms with Crippen molar-refractivity contribution >= 4 is 18.3 Å². The van der Waals surface area contributed by atoms with Crippen molar-refractivity contribution in [3.63, 3.8) is 0 Å². The van der Waals surface area contributed by atoms with Crippen molar-refractivity contribution in [2.24, 2.45) is 5.73 Å². The summed E-state index contributed by atoms with van der Waals surface area (Å²) in [5, 5.41) is 2.80. The molecule has 1 unspecified atom stereocenters. The van der Waals surface area contributed by atoms with Crippen LogP contribution in [-0.2, 0) is 11.0 Å². The minimum Gasteiger partial charge on any atom is -0.350 e. The Morgan fingerprint density at radius 1 is 1.23 bits per heavy atom. The van der Waals surface area contributed by atoms with E-state index in [1.807, 2.05) is 13.8 Å². The Balaban J connectivity index is 0.00000441. The van der Waals surface area contributed by atoms with Gasteiger partial charge in [0.15, 0.2) is 0 Å². The molecule has 1 amide bonds. The maximum absolute atomic E-state index is 12.5. The first-order valence-electron chi connectivity index (χ1n) is 6.73. The molecule has 3 N–H and O–H groups in total. The Hall–Kier alpha value is -1.27. The smallest absolute Gasteiger partial charge is 0.350 e. The van der Waals surface area contributed by atoms with Gasteiger partial charge in [-0.2, -0.15) is 13.2 Å². The molecular formula is C15H22ClF3N2O. The summed E-state index contributed by atoms with van der Waals surface area (Å²) in [6.07, 6.45) is -4.14. The third kappa shape index (κ3) is 6.23. The summed E-state index contributed by atoms with van der Waals surface area (Å²) in [5.74, 6) is -0.335. The topological polar surface area (TPSA) is 55.1 Å². The van der Waals surface area contributed by atoms with E-state index in [1.165, 1.54) is 12.1 Å². The van der Waals surface area contributed by atoms with Gasteiger partial charge in [0.25, 0.3) is 0 Å². The van der Waals surface area contributed by atoms with Crippen molar-refractivity contribution in [2.75, 3.05) is 6.54 Å². The fourth-order valence-electron chi connectivity index (χ4n) is 1.88. The predicted octanol–water partition coefficient (Wildman–Crippen LogP) is 3.47. The molecule has 1 rings (SSSR count). The summed E-state index contributed by atoms with van der Waals surface area (Å²) < 4.78 is 37.4. The van der Waals surface area contributed by atoms with E-state index in [4.69, 9.17) is 5.73 Å². The summed E-state index contributed by atoms with van der Waals surface area (Å²) in [7, 11) is 0. The van der Waals surface area contributed by atoms with Gasteiger partial charge in [-0.15, -0.1) is 12.4 Å². The fourth-order valence-corrected chi connectivity index (χ4v) is 1.88. The summed E-state index contributed by atoms with van der Waals surface area (Å²) >= 11 is 0. The summed E-state index contributed by atoms with van der Waals surface area (Å²) in [6, 6.07) is 4.89. The standard InChI is InChI=1S/C15H21F3N2O.ClH/c1-10(8-13(21)20-14(2,3)9-19)11-4-6-12(7-5-11)15(16,17)18;/h4-7,10H,8-9,19H2,1-3H3,(H,20,21);1H. The SMILES string of the molecule is CC(CC(=O)NC(C)(C)CN)c1ccc(C(F)(F)F)cc1.Cl. The number of halogens is 4. The maximum Gasteiger partial charge on any atom is 0.416 e. The molecule has 0 saturated heterocycles. The number of nitrogens with two attached hydrogens (primary N) is 1. The highest BCUT2D eigenvalue weighted by Gasteiger charge is 2.30. The predicted molar refractivity (Wildman–Crippen MR) is 83.0 cm³/mol. The number of alkyl halides is 3. The highest BCUT2D eigenvalue weighted by atomic mass is 35.5. The molecule has 0 bridgehead atoms. The molecule has 0 fully saturated rings. The lowest BCUT2D eigenvalue weighted by atomic mass is 9.95. The van der Waals surface area contributed by atoms with Crippen molar-refractivity contribution in [2.45, 2.75) is 44.8 Å². The van der Waals surface area contributed by atoms with Crippen LogP contribution in [0.1, 0.15) is 44.2 Å². The number of carbonyl (C=O) groups is 1. The Bertz CT molecular complexity index is 487. The number of hydrogen-bond donors (Lipinski definition) is 2. The number of nitrogens with one attached hydrogen (secondary N) is 1. The van der Waals surface area contributed by atoms with E-state index < -0.39 is 17.3 Å². The van der Waals surface area contributed by atoms with E-state index in [9.17, 15) is 18.0 Å². The van der Waals surface area contributed by atoms with Crippen LogP contribution in [0.5, 0.6) is 0 Å². The van der Waals surface area contributed by atoms with E-state index in [0.717, 1.165) is 12.1 Å². The Morgan fingerprint density at radius 2 is 1.73 bits per heavy atom. The van der Waals surface area contributed by atoms with Crippen LogP contribution < -0.4 is 11.1 Å². The molecule has 0 heterocycles. The van der Waals surface area contributed by atoms with Crippen molar-refractivity contribution in [3.05, 3.63) is 35.4 Å². The molecule has 1 atom stereocenters. The molecule has 0 aliphatic rings. The van der Waals surface area contributed by atoms with Gasteiger partial charge in [-0.25, -0.2) is 0 Å². The first-order valence-corrected chi connectivity index (χ1v) is 6.73. The Kier molecular flexibility index (Phi) is 7.38. The van der Waals surface area contributed by atoms with Crippen LogP contribution in [0.4, 0.5) is 13.2 Å². The second-order valence-electron chi connectivity index (χ2n) is 5.86. The zero-order chi connectivity index (χ0) is 16.3. The Labute approximate surface area is 134 Å². The quantitative estimate of drug-likeness (QED) is 0.863. The van der Waals surface area contributed by atoms with E-state index >= 15 is 0 Å². The number of amides is 1. The highest BCUT2D eigenvalue weighted by molar-refractivity contribution is 5.85. The van der Waals surface area contributed by atoms with Gasteiger partial charge < -0.3 is 11.1 Å². The lowest BCUT2D eigenvalue weighted by Crippen LogP contribution is -2.49. The molecule has 1 aromatic rings. The van der Waals surface area contributed by atoms with Crippen molar-refractivity contribution in [1.29, 1.82) is 0 Å². The molecule has 0 aliphatic heterocycles. The van der Waals surface area contributed by atoms with Crippen LogP contribution >= 0.6 is 12.4 Å². The molecule has 0 aromatic heterocycles. The summed E-state index contributed by atoms with van der Waals surface area (Å²) in [6.45, 7) is 5.74. The van der Waals surface area contributed by atoms with Gasteiger partial charge in [0.2, 0.25) is 5.91 Å². The van der Waals surface area contributed by atoms with Crippen LogP contribution in [0.2, 0.25) is 0 Å². The van der Waals surface area contributed by atoms with Gasteiger partial charge in [0, 0.05) is 18.5 Å². The molecule has 0 radical (unpaired) electrons. The Morgan fingerprint density at radius 3 is 2.14 bits per heavy atom. The van der Waals surface area contributed by atoms with Gasteiger partial charge >= 0.3 is 6.18 Å². The molecule has 7 heteroatoms. The number of benzene rings is 1. The average Bonchev–Trinajstić information content (AvgIpc) is 2.37. The third-order valence-corrected chi connectivity index (χ3v) is 3.29. The second kappa shape index (κ2) is 7.83. The molecule has 126 valence electrons. The normalized spacial score (nSPS) is 13.2. The first kappa shape index (κ1) is 20.7. The van der Waals surface area contributed by atoms with Gasteiger partial charge in [0.1, 0.15) is 0 Å². The molecule has 0 saturated carbocycles. The molecular weight excluding hydrogens is 317 g/mol. The van der Waals surface area contributed by atoms with Gasteiger partial charge in [-0.3, -0.25) is 4.79 Å². The van der Waals surface area contributed by atoms with Gasteiger partial charge in [-0.05, 0) is 37.5 Å². The van der Waals surface area contributed by atoms with Crippen LogP contribution in [-0.4, -0.2) is 18.0 Å². The monoisotopic (exact) mass is 338 g/mol. The first-order chi connectivity index (χ1) is 9.55. The average molecular weight is 339 g/mol. The van der Waals surface area contributed by atoms with E-state index in [-0.39, 0.29) is 30.7 Å². The minimum absolute atomic E-state index is 0. The zero-order valence-electron chi connectivity index (χ0n) is 12.8. The van der Waals surface area contributed by atoms with Crippen molar-refractivity contribution < 1.29 is 18.0 Å².